The summed E-state index contributed by atoms with van der Waals surface area (Å²) in [5.74, 6) is 0.358. The van der Waals surface area contributed by atoms with Gasteiger partial charge < -0.3 is 5.11 Å². The van der Waals surface area contributed by atoms with E-state index >= 15 is 0 Å². The Hall–Kier alpha value is -1.02. The van der Waals surface area contributed by atoms with Crippen LogP contribution in [0.3, 0.4) is 0 Å². The first kappa shape index (κ1) is 10.1. The van der Waals surface area contributed by atoms with E-state index in [1.807, 2.05) is 24.3 Å². The molecule has 0 heterocycles. The van der Waals surface area contributed by atoms with Gasteiger partial charge in [0.15, 0.2) is 0 Å². The maximum absolute atomic E-state index is 9.47. The van der Waals surface area contributed by atoms with Gasteiger partial charge in [-0.25, -0.2) is 0 Å². The Kier molecular flexibility index (Phi) is 2.93. The summed E-state index contributed by atoms with van der Waals surface area (Å²) in [5.41, 5.74) is 3.13. The van der Waals surface area contributed by atoms with Crippen LogP contribution in [0, 0.1) is 0 Å². The fourth-order valence-corrected chi connectivity index (χ4v) is 1.65. The smallest absolute Gasteiger partial charge is 0.122 e. The Labute approximate surface area is 80.7 Å². The predicted molar refractivity (Wildman–Crippen MR) is 60.5 cm³/mol. The zero-order chi connectivity index (χ0) is 9.90. The summed E-state index contributed by atoms with van der Waals surface area (Å²) < 4.78 is 0. The van der Waals surface area contributed by atoms with Crippen LogP contribution < -0.4 is 0 Å². The van der Waals surface area contributed by atoms with E-state index in [0.29, 0.717) is 5.75 Å². The first-order chi connectivity index (χ1) is 5.99. The molecule has 1 nitrogen and oxygen atoms in total. The lowest BCUT2D eigenvalue weighted by atomic mass is 10.2. The number of rotatable bonds is 2. The van der Waals surface area contributed by atoms with Gasteiger partial charge in [-0.05, 0) is 6.07 Å². The van der Waals surface area contributed by atoms with E-state index in [4.69, 9.17) is 0 Å². The van der Waals surface area contributed by atoms with Crippen molar-refractivity contribution < 1.29 is 5.11 Å². The van der Waals surface area contributed by atoms with Crippen molar-refractivity contribution in [3.8, 4) is 5.75 Å². The van der Waals surface area contributed by atoms with Gasteiger partial charge in [-0.3, -0.25) is 0 Å². The third kappa shape index (κ3) is 3.47. The molecule has 1 aromatic carbocycles. The lowest BCUT2D eigenvalue weighted by molar-refractivity contribution is 0.474. The molecule has 1 rings (SSSR count). The molecule has 0 saturated heterocycles. The van der Waals surface area contributed by atoms with Crippen molar-refractivity contribution in [2.75, 3.05) is 0 Å². The van der Waals surface area contributed by atoms with Gasteiger partial charge in [-0.15, -0.1) is 0 Å². The molecule has 0 unspecified atom stereocenters. The number of aromatic hydroxyl groups is 1. The van der Waals surface area contributed by atoms with Crippen LogP contribution >= 0.6 is 0 Å². The first-order valence-corrected chi connectivity index (χ1v) is 8.04. The highest BCUT2D eigenvalue weighted by Gasteiger charge is 2.07. The number of hydrogen-bond acceptors (Lipinski definition) is 1. The highest BCUT2D eigenvalue weighted by atomic mass is 28.3. The van der Waals surface area contributed by atoms with E-state index in [-0.39, 0.29) is 0 Å². The van der Waals surface area contributed by atoms with Crippen molar-refractivity contribution in [2.24, 2.45) is 0 Å². The van der Waals surface area contributed by atoms with Crippen LogP contribution in [0.15, 0.2) is 30.0 Å². The molecular formula is C11H16OSi. The zero-order valence-electron chi connectivity index (χ0n) is 8.41. The summed E-state index contributed by atoms with van der Waals surface area (Å²) >= 11 is 0. The number of benzene rings is 1. The molecule has 1 aromatic rings. The van der Waals surface area contributed by atoms with Gasteiger partial charge in [0.25, 0.3) is 0 Å². The van der Waals surface area contributed by atoms with Crippen LogP contribution in [0.25, 0.3) is 6.08 Å². The molecule has 0 aliphatic carbocycles. The van der Waals surface area contributed by atoms with Crippen LogP contribution in [-0.4, -0.2) is 13.2 Å². The molecule has 2 heteroatoms. The standard InChI is InChI=1S/C11H16OSi/c1-13(2,3)9-8-10-6-4-5-7-11(10)12/h4-9,12H,1-3H3. The molecule has 70 valence electrons. The highest BCUT2D eigenvalue weighted by Crippen LogP contribution is 2.18. The maximum atomic E-state index is 9.47. The van der Waals surface area contributed by atoms with Crippen LogP contribution in [0.5, 0.6) is 5.75 Å². The minimum absolute atomic E-state index is 0.358. The fourth-order valence-electron chi connectivity index (χ4n) is 0.968. The molecule has 1 N–H and O–H groups in total. The van der Waals surface area contributed by atoms with Gasteiger partial charge in [0.05, 0.1) is 8.07 Å². The molecule has 0 saturated carbocycles. The van der Waals surface area contributed by atoms with Crippen molar-refractivity contribution in [1.29, 1.82) is 0 Å². The largest absolute Gasteiger partial charge is 0.507 e. The maximum Gasteiger partial charge on any atom is 0.122 e. The number of phenols is 1. The summed E-state index contributed by atoms with van der Waals surface area (Å²) in [4.78, 5) is 0. The quantitative estimate of drug-likeness (QED) is 0.713. The third-order valence-corrected chi connectivity index (χ3v) is 2.87. The minimum atomic E-state index is -1.15. The van der Waals surface area contributed by atoms with Crippen LogP contribution in [-0.2, 0) is 0 Å². The monoisotopic (exact) mass is 192 g/mol. The number of phenolic OH excluding ortho intramolecular Hbond substituents is 1. The minimum Gasteiger partial charge on any atom is -0.507 e. The molecule has 0 spiro atoms. The Morgan fingerprint density at radius 1 is 1.15 bits per heavy atom. The summed E-state index contributed by atoms with van der Waals surface area (Å²) in [6, 6.07) is 7.40. The Balaban J connectivity index is 2.86. The summed E-state index contributed by atoms with van der Waals surface area (Å²) in [6.07, 6.45) is 2.02. The van der Waals surface area contributed by atoms with Gasteiger partial charge in [0.1, 0.15) is 5.75 Å². The first-order valence-electron chi connectivity index (χ1n) is 4.46. The zero-order valence-corrected chi connectivity index (χ0v) is 9.41. The normalized spacial score (nSPS) is 12.2. The van der Waals surface area contributed by atoms with Crippen LogP contribution in [0.2, 0.25) is 19.6 Å². The second-order valence-electron chi connectivity index (χ2n) is 4.26. The van der Waals surface area contributed by atoms with E-state index in [1.165, 1.54) is 0 Å². The fraction of sp³-hybridized carbons (Fsp3) is 0.273. The van der Waals surface area contributed by atoms with Crippen molar-refractivity contribution in [3.05, 3.63) is 35.5 Å². The van der Waals surface area contributed by atoms with E-state index in [0.717, 1.165) is 5.56 Å². The van der Waals surface area contributed by atoms with Gasteiger partial charge in [-0.1, -0.05) is 49.6 Å². The second-order valence-corrected chi connectivity index (χ2v) is 9.32. The Morgan fingerprint density at radius 2 is 1.77 bits per heavy atom. The third-order valence-electron chi connectivity index (χ3n) is 1.70. The molecule has 13 heavy (non-hydrogen) atoms. The predicted octanol–water partition coefficient (Wildman–Crippen LogP) is 3.28. The van der Waals surface area contributed by atoms with Gasteiger partial charge in [0.2, 0.25) is 0 Å². The van der Waals surface area contributed by atoms with E-state index in [9.17, 15) is 5.11 Å². The van der Waals surface area contributed by atoms with Crippen molar-refractivity contribution in [3.63, 3.8) is 0 Å². The van der Waals surface area contributed by atoms with Gasteiger partial charge >= 0.3 is 0 Å². The average Bonchev–Trinajstić information content (AvgIpc) is 2.01. The van der Waals surface area contributed by atoms with Crippen LogP contribution in [0.1, 0.15) is 5.56 Å². The SMILES string of the molecule is C[Si](C)(C)C=Cc1ccccc1O. The average molecular weight is 192 g/mol. The molecule has 0 atom stereocenters. The van der Waals surface area contributed by atoms with Gasteiger partial charge in [-0.2, -0.15) is 0 Å². The molecule has 0 radical (unpaired) electrons. The molecule has 0 aliphatic rings. The molecular weight excluding hydrogens is 176 g/mol. The molecule has 0 amide bonds. The lowest BCUT2D eigenvalue weighted by Crippen LogP contribution is -2.15. The van der Waals surface area contributed by atoms with Crippen LogP contribution in [0.4, 0.5) is 0 Å². The second kappa shape index (κ2) is 3.79. The topological polar surface area (TPSA) is 20.2 Å². The Bertz CT molecular complexity index is 310. The molecule has 0 fully saturated rings. The van der Waals surface area contributed by atoms with E-state index in [2.05, 4.69) is 25.3 Å². The number of hydrogen-bond donors (Lipinski definition) is 1. The molecule has 0 bridgehead atoms. The summed E-state index contributed by atoms with van der Waals surface area (Å²) in [6.45, 7) is 6.80. The lowest BCUT2D eigenvalue weighted by Gasteiger charge is -2.08. The van der Waals surface area contributed by atoms with Crippen molar-refractivity contribution >= 4 is 14.1 Å². The van der Waals surface area contributed by atoms with E-state index < -0.39 is 8.07 Å². The number of para-hydroxylation sites is 1. The van der Waals surface area contributed by atoms with E-state index in [1.54, 1.807) is 6.07 Å². The van der Waals surface area contributed by atoms with Crippen molar-refractivity contribution in [1.82, 2.24) is 0 Å². The highest BCUT2D eigenvalue weighted by molar-refractivity contribution is 6.81. The summed E-state index contributed by atoms with van der Waals surface area (Å²) in [5, 5.41) is 9.47. The molecule has 0 aromatic heterocycles. The van der Waals surface area contributed by atoms with Gasteiger partial charge in [0, 0.05) is 5.56 Å². The summed E-state index contributed by atoms with van der Waals surface area (Å²) in [7, 11) is -1.15. The van der Waals surface area contributed by atoms with Crippen molar-refractivity contribution in [2.45, 2.75) is 19.6 Å². The molecule has 0 aliphatic heterocycles. The Morgan fingerprint density at radius 3 is 2.31 bits per heavy atom.